The van der Waals surface area contributed by atoms with Gasteiger partial charge in [-0.3, -0.25) is 33.6 Å². The van der Waals surface area contributed by atoms with Crippen LogP contribution in [0.3, 0.4) is 0 Å². The van der Waals surface area contributed by atoms with Crippen molar-refractivity contribution in [2.45, 2.75) is 161 Å². The molecule has 0 unspecified atom stereocenters. The summed E-state index contributed by atoms with van der Waals surface area (Å²) < 4.78 is 33.0. The zero-order valence-electron chi connectivity index (χ0n) is 85.4. The molecule has 14 rings (SSSR count). The number of hydrogen-bond acceptors (Lipinski definition) is 26. The highest BCUT2D eigenvalue weighted by Crippen LogP contribution is 2.39. The first-order valence-corrected chi connectivity index (χ1v) is 47.6. The lowest BCUT2D eigenvalue weighted by Gasteiger charge is -2.19. The molecule has 764 valence electrons. The molecule has 0 fully saturated rings. The van der Waals surface area contributed by atoms with Crippen molar-refractivity contribution in [1.82, 2.24) is 0 Å². The van der Waals surface area contributed by atoms with E-state index in [1.165, 1.54) is 109 Å². The number of hydrogen-bond donors (Lipinski definition) is 13. The van der Waals surface area contributed by atoms with Crippen LogP contribution >= 0.6 is 12.6 Å². The molecule has 25 nitrogen and oxygen atoms in total. The molecule has 0 bridgehead atoms. The van der Waals surface area contributed by atoms with Gasteiger partial charge in [0, 0.05) is 52.4 Å². The average molecular weight is 2000 g/mol. The van der Waals surface area contributed by atoms with E-state index in [0.717, 1.165) is 51.8 Å². The predicted octanol–water partition coefficient (Wildman–Crippen LogP) is 25.3. The number of rotatable bonds is 28. The van der Waals surface area contributed by atoms with Crippen LogP contribution in [0.4, 0.5) is 0 Å². The molecule has 0 aliphatic rings. The number of aromatic hydroxyl groups is 12. The number of aryl methyl sites for hydroxylation is 7. The Kier molecular flexibility index (Phi) is 41.7. The van der Waals surface area contributed by atoms with Crippen LogP contribution in [-0.2, 0) is 0 Å². The van der Waals surface area contributed by atoms with E-state index in [1.54, 1.807) is 115 Å². The second-order valence-electron chi connectivity index (χ2n) is 37.6. The number of thiol groups is 1. The number of unbranched alkanes of at least 4 members (excludes halogenated alkanes) is 1. The van der Waals surface area contributed by atoms with E-state index in [2.05, 4.69) is 19.6 Å². The fraction of sp³-hybridized carbons (Fsp3) is 0.242. The van der Waals surface area contributed by atoms with Crippen molar-refractivity contribution in [2.24, 2.45) is 10.8 Å². The van der Waals surface area contributed by atoms with Crippen LogP contribution in [0.25, 0.3) is 0 Å². The Morgan fingerprint density at radius 3 is 0.685 bits per heavy atom. The summed E-state index contributed by atoms with van der Waals surface area (Å²) in [6.07, 6.45) is 1.88. The fourth-order valence-electron chi connectivity index (χ4n) is 13.8. The summed E-state index contributed by atoms with van der Waals surface area (Å²) in [5.74, 6) is -1.16. The molecular formula is C120H128O25S. The monoisotopic (exact) mass is 2000 g/mol. The topological polar surface area (TPSA) is 418 Å². The third-order valence-electron chi connectivity index (χ3n) is 21.3. The quantitative estimate of drug-likeness (QED) is 0.0123. The van der Waals surface area contributed by atoms with Crippen LogP contribution in [0, 0.1) is 59.3 Å². The SMILES string of the molecule is CC(C)(C)COc1ccc(C(=O)c2ccc(OCC(C)(C)C)cc2O)c(O)c1.CC(C)Oc1ccc(C(=O)c2ccc(OC(C)C)cc2O)c(O)c1.CCCCOc1ccc(C(=O)c2ccc(C)cc2O)c(O)c1.CCOc1ccc(C(=O)c2ccc(C)cc2O)c(O)c1.Cc1ccc(C(=O)c2ccc(C)cc2O)c(O)c1.Cc1ccc(C(=O)c2ccc(C)cc2O)c(O)c1.Cc1ccc(C(=O)c2ccccc2S)cc1. The van der Waals surface area contributed by atoms with E-state index in [4.69, 9.17) is 28.4 Å². The standard InChI is InChI=1S/C23H30O5.C19H22O5.C18H20O4.C16H16O4.2C15H14O3.C14H12OS/c1-22(2,3)13-27-15-7-9-17(19(24)11-15)21(26)18-10-8-16(12-20(18)25)28-14-23(4,5)6;1-11(2)23-13-5-7-15(17(20)9-13)19(22)16-8-6-14(10-18(16)21)24-12(3)4;1-3-4-9-22-13-6-8-15(17(20)11-13)18(21)14-7-5-12(2)10-16(14)19;1-3-20-11-5-7-13(15(18)9-11)16(19)12-6-4-10(2)8-14(12)17;2*1-9-3-5-11(13(16)7-9)15(18)12-6-4-10(2)8-14(12)17;1-10-6-8-11(9-7-10)14(15)12-4-2-3-5-13(12)16/h7-12,24-25H,13-14H2,1-6H3;5-12,20-21H,1-4H3;5-8,10-11,19-20H,3-4,9H2,1-2H3;4-9,17-18H,3H2,1-2H3;2*3-8,16-17H,1-2H3;2-9,16H,1H3. The Morgan fingerprint density at radius 2 is 0.466 bits per heavy atom. The number of ketones is 7. The Morgan fingerprint density at radius 1 is 0.253 bits per heavy atom. The van der Waals surface area contributed by atoms with E-state index >= 15 is 0 Å². The van der Waals surface area contributed by atoms with Crippen LogP contribution in [0.1, 0.15) is 246 Å². The minimum Gasteiger partial charge on any atom is -0.507 e. The third kappa shape index (κ3) is 34.1. The van der Waals surface area contributed by atoms with Crippen LogP contribution in [0.5, 0.6) is 103 Å². The molecule has 0 saturated heterocycles. The maximum absolute atomic E-state index is 12.7. The van der Waals surface area contributed by atoms with Crippen molar-refractivity contribution in [3.05, 3.63) is 384 Å². The normalized spacial score (nSPS) is 10.7. The molecule has 146 heavy (non-hydrogen) atoms. The maximum atomic E-state index is 12.7. The number of phenolic OH excluding ortho intramolecular Hbond substituents is 12. The van der Waals surface area contributed by atoms with Gasteiger partial charge in [0.05, 0.1) is 105 Å². The van der Waals surface area contributed by atoms with Crippen molar-refractivity contribution in [2.75, 3.05) is 26.4 Å². The van der Waals surface area contributed by atoms with Crippen molar-refractivity contribution < 1.29 is 123 Å². The van der Waals surface area contributed by atoms with Crippen molar-refractivity contribution in [3.8, 4) is 103 Å². The van der Waals surface area contributed by atoms with Gasteiger partial charge in [-0.25, -0.2) is 0 Å². The molecule has 0 amide bonds. The summed E-state index contributed by atoms with van der Waals surface area (Å²) in [5, 5.41) is 119. The molecule has 0 heterocycles. The number of benzene rings is 14. The molecule has 12 N–H and O–H groups in total. The first-order valence-electron chi connectivity index (χ1n) is 47.1. The van der Waals surface area contributed by atoms with Crippen molar-refractivity contribution in [1.29, 1.82) is 0 Å². The van der Waals surface area contributed by atoms with Crippen LogP contribution in [-0.4, -0.2) is 140 Å². The molecule has 14 aromatic rings. The molecule has 0 radical (unpaired) electrons. The lowest BCUT2D eigenvalue weighted by Crippen LogP contribution is -2.17. The van der Waals surface area contributed by atoms with Gasteiger partial charge in [-0.1, -0.05) is 133 Å². The fourth-order valence-corrected chi connectivity index (χ4v) is 14.0. The minimum atomic E-state index is -0.475. The van der Waals surface area contributed by atoms with Crippen LogP contribution in [0.15, 0.2) is 272 Å². The number of phenols is 12. The van der Waals surface area contributed by atoms with Gasteiger partial charge in [0.1, 0.15) is 103 Å². The van der Waals surface area contributed by atoms with E-state index in [1.807, 2.05) is 167 Å². The van der Waals surface area contributed by atoms with Gasteiger partial charge in [-0.2, -0.15) is 0 Å². The Bertz CT molecular complexity index is 6610. The van der Waals surface area contributed by atoms with Gasteiger partial charge >= 0.3 is 0 Å². The molecule has 0 saturated carbocycles. The Balaban J connectivity index is 0.000000209. The molecule has 0 aliphatic carbocycles. The molecule has 0 atom stereocenters. The molecule has 0 aromatic heterocycles. The molecule has 0 spiro atoms. The predicted molar refractivity (Wildman–Crippen MR) is 568 cm³/mol. The highest BCUT2D eigenvalue weighted by atomic mass is 32.1. The smallest absolute Gasteiger partial charge is 0.200 e. The van der Waals surface area contributed by atoms with E-state index < -0.39 is 23.1 Å². The zero-order valence-corrected chi connectivity index (χ0v) is 86.3. The minimum absolute atomic E-state index is 0.0191. The van der Waals surface area contributed by atoms with E-state index in [9.17, 15) is 94.8 Å². The Hall–Kier alpha value is -16.5. The lowest BCUT2D eigenvalue weighted by molar-refractivity contribution is 0.102. The van der Waals surface area contributed by atoms with Gasteiger partial charge in [0.15, 0.2) is 40.5 Å². The van der Waals surface area contributed by atoms with E-state index in [0.29, 0.717) is 76.9 Å². The highest BCUT2D eigenvalue weighted by Gasteiger charge is 2.27. The van der Waals surface area contributed by atoms with Crippen LogP contribution < -0.4 is 28.4 Å². The molecular weight excluding hydrogens is 1870 g/mol. The average Bonchev–Trinajstić information content (AvgIpc) is 0.835. The molecule has 26 heteroatoms. The van der Waals surface area contributed by atoms with Crippen LogP contribution in [0.2, 0.25) is 0 Å². The number of carbonyl (C=O) groups is 7. The molecule has 0 aliphatic heterocycles. The lowest BCUT2D eigenvalue weighted by atomic mass is 9.98. The number of carbonyl (C=O) groups excluding carboxylic acids is 7. The zero-order chi connectivity index (χ0) is 108. The third-order valence-corrected chi connectivity index (χ3v) is 21.7. The second-order valence-corrected chi connectivity index (χ2v) is 38.0. The van der Waals surface area contributed by atoms with Crippen molar-refractivity contribution >= 4 is 53.1 Å². The van der Waals surface area contributed by atoms with E-state index in [-0.39, 0.29) is 176 Å². The largest absolute Gasteiger partial charge is 0.507 e. The van der Waals surface area contributed by atoms with Gasteiger partial charge in [-0.05, 0) is 291 Å². The summed E-state index contributed by atoms with van der Waals surface area (Å²) in [6.45, 7) is 38.6. The molecule has 14 aromatic carbocycles. The maximum Gasteiger partial charge on any atom is 0.200 e. The van der Waals surface area contributed by atoms with Gasteiger partial charge in [0.25, 0.3) is 0 Å². The summed E-state index contributed by atoms with van der Waals surface area (Å²) in [5.41, 5.74) is 9.43. The summed E-state index contributed by atoms with van der Waals surface area (Å²) in [4.78, 5) is 87.2. The first-order chi connectivity index (χ1) is 68.8. The van der Waals surface area contributed by atoms with Gasteiger partial charge in [0.2, 0.25) is 0 Å². The van der Waals surface area contributed by atoms with Crippen molar-refractivity contribution in [3.63, 3.8) is 0 Å². The number of ether oxygens (including phenoxy) is 6. The highest BCUT2D eigenvalue weighted by molar-refractivity contribution is 7.80. The first kappa shape index (κ1) is 115. The summed E-state index contributed by atoms with van der Waals surface area (Å²) in [6, 6.07) is 71.0. The Labute approximate surface area is 857 Å². The summed E-state index contributed by atoms with van der Waals surface area (Å²) >= 11 is 4.29. The van der Waals surface area contributed by atoms with Gasteiger partial charge in [-0.15, -0.1) is 12.6 Å². The summed E-state index contributed by atoms with van der Waals surface area (Å²) in [7, 11) is 0. The van der Waals surface area contributed by atoms with Gasteiger partial charge < -0.3 is 89.7 Å². The second kappa shape index (κ2) is 53.0.